The molecule has 0 bridgehead atoms. The van der Waals surface area contributed by atoms with Gasteiger partial charge in [-0.25, -0.2) is 8.42 Å². The van der Waals surface area contributed by atoms with Crippen molar-refractivity contribution in [3.8, 4) is 5.75 Å². The molecule has 1 aromatic heterocycles. The lowest BCUT2D eigenvalue weighted by atomic mass is 10.2. The summed E-state index contributed by atoms with van der Waals surface area (Å²) in [5, 5.41) is 4.83. The Bertz CT molecular complexity index is 1030. The average Bonchev–Trinajstić information content (AvgIpc) is 3.21. The highest BCUT2D eigenvalue weighted by Crippen LogP contribution is 2.26. The van der Waals surface area contributed by atoms with Gasteiger partial charge >= 0.3 is 0 Å². The topological polar surface area (TPSA) is 84.5 Å². The molecular formula is C20H20N2O4S2. The van der Waals surface area contributed by atoms with E-state index in [9.17, 15) is 13.2 Å². The van der Waals surface area contributed by atoms with Gasteiger partial charge in [-0.05, 0) is 54.3 Å². The van der Waals surface area contributed by atoms with Gasteiger partial charge in [-0.2, -0.15) is 0 Å². The van der Waals surface area contributed by atoms with Crippen LogP contribution in [0.4, 0.5) is 5.69 Å². The molecule has 28 heavy (non-hydrogen) atoms. The molecule has 0 radical (unpaired) electrons. The van der Waals surface area contributed by atoms with Gasteiger partial charge in [0.05, 0.1) is 17.7 Å². The Morgan fingerprint density at radius 2 is 1.79 bits per heavy atom. The van der Waals surface area contributed by atoms with Crippen LogP contribution >= 0.6 is 11.3 Å². The molecule has 2 aromatic carbocycles. The minimum absolute atomic E-state index is 0.0635. The van der Waals surface area contributed by atoms with Crippen molar-refractivity contribution in [2.45, 2.75) is 11.3 Å². The van der Waals surface area contributed by atoms with Crippen LogP contribution in [0.2, 0.25) is 0 Å². The maximum Gasteiger partial charge on any atom is 0.262 e. The van der Waals surface area contributed by atoms with Crippen molar-refractivity contribution in [2.24, 2.45) is 0 Å². The molecule has 6 nitrogen and oxygen atoms in total. The molecule has 0 unspecified atom stereocenters. The number of hydrogen-bond acceptors (Lipinski definition) is 5. The summed E-state index contributed by atoms with van der Waals surface area (Å²) in [5.74, 6) is 0.186. The van der Waals surface area contributed by atoms with Gasteiger partial charge in [0.1, 0.15) is 5.75 Å². The Labute approximate surface area is 168 Å². The van der Waals surface area contributed by atoms with Gasteiger partial charge in [0.15, 0.2) is 0 Å². The summed E-state index contributed by atoms with van der Waals surface area (Å²) < 4.78 is 32.8. The molecule has 0 saturated heterocycles. The predicted octanol–water partition coefficient (Wildman–Crippen LogP) is 3.53. The molecule has 146 valence electrons. The second-order valence-corrected chi connectivity index (χ2v) is 8.63. The van der Waals surface area contributed by atoms with Crippen LogP contribution in [-0.4, -0.2) is 28.0 Å². The van der Waals surface area contributed by atoms with Gasteiger partial charge in [0.25, 0.3) is 15.9 Å². The lowest BCUT2D eigenvalue weighted by Gasteiger charge is -2.12. The number of benzene rings is 2. The lowest BCUT2D eigenvalue weighted by molar-refractivity contribution is 0.0954. The van der Waals surface area contributed by atoms with Gasteiger partial charge in [-0.3, -0.25) is 9.52 Å². The number of ether oxygens (including phenoxy) is 1. The van der Waals surface area contributed by atoms with Crippen LogP contribution < -0.4 is 14.8 Å². The largest absolute Gasteiger partial charge is 0.495 e. The zero-order valence-electron chi connectivity index (χ0n) is 15.2. The van der Waals surface area contributed by atoms with E-state index in [0.29, 0.717) is 23.5 Å². The fourth-order valence-electron chi connectivity index (χ4n) is 2.57. The van der Waals surface area contributed by atoms with E-state index in [1.165, 1.54) is 36.3 Å². The molecule has 1 amide bonds. The number of carbonyl (C=O) groups excluding carboxylic acids is 1. The summed E-state index contributed by atoms with van der Waals surface area (Å²) in [4.78, 5) is 13.5. The second kappa shape index (κ2) is 8.90. The number of methoxy groups -OCH3 is 1. The molecule has 0 aliphatic rings. The van der Waals surface area contributed by atoms with E-state index in [4.69, 9.17) is 4.74 Å². The first kappa shape index (κ1) is 19.9. The van der Waals surface area contributed by atoms with E-state index in [1.807, 2.05) is 17.5 Å². The number of amides is 1. The van der Waals surface area contributed by atoms with E-state index >= 15 is 0 Å². The second-order valence-electron chi connectivity index (χ2n) is 5.92. The normalized spacial score (nSPS) is 11.0. The third-order valence-corrected chi connectivity index (χ3v) is 6.33. The smallest absolute Gasteiger partial charge is 0.262 e. The van der Waals surface area contributed by atoms with E-state index in [-0.39, 0.29) is 10.8 Å². The molecule has 1 heterocycles. The van der Waals surface area contributed by atoms with Gasteiger partial charge < -0.3 is 10.1 Å². The molecule has 0 fully saturated rings. The zero-order chi connectivity index (χ0) is 20.0. The number of sulfonamides is 1. The van der Waals surface area contributed by atoms with E-state index in [0.717, 1.165) is 6.42 Å². The van der Waals surface area contributed by atoms with Crippen LogP contribution in [0.3, 0.4) is 0 Å². The molecule has 0 saturated carbocycles. The van der Waals surface area contributed by atoms with Crippen LogP contribution in [0.15, 0.2) is 70.9 Å². The lowest BCUT2D eigenvalue weighted by Crippen LogP contribution is -2.25. The standard InChI is InChI=1S/C20H20N2O4S2/c1-26-19-7-3-2-6-18(19)22-28(24,25)17-10-8-15(9-11-17)20(23)21-13-12-16-5-4-14-27-16/h2-11,14,22H,12-13H2,1H3,(H,21,23). The summed E-state index contributed by atoms with van der Waals surface area (Å²) in [5.41, 5.74) is 0.753. The first-order valence-electron chi connectivity index (χ1n) is 8.56. The van der Waals surface area contributed by atoms with Crippen molar-refractivity contribution in [1.82, 2.24) is 5.32 Å². The third kappa shape index (κ3) is 4.90. The fourth-order valence-corrected chi connectivity index (χ4v) is 4.35. The third-order valence-electron chi connectivity index (χ3n) is 4.02. The van der Waals surface area contributed by atoms with Crippen molar-refractivity contribution in [2.75, 3.05) is 18.4 Å². The maximum absolute atomic E-state index is 12.6. The number of anilines is 1. The Morgan fingerprint density at radius 1 is 1.04 bits per heavy atom. The first-order valence-corrected chi connectivity index (χ1v) is 10.9. The van der Waals surface area contributed by atoms with Crippen molar-refractivity contribution in [3.63, 3.8) is 0 Å². The fraction of sp³-hybridized carbons (Fsp3) is 0.150. The SMILES string of the molecule is COc1ccccc1NS(=O)(=O)c1ccc(C(=O)NCCc2cccs2)cc1. The van der Waals surface area contributed by atoms with Gasteiger partial charge in [-0.1, -0.05) is 18.2 Å². The van der Waals surface area contributed by atoms with Crippen LogP contribution in [-0.2, 0) is 16.4 Å². The van der Waals surface area contributed by atoms with E-state index in [2.05, 4.69) is 10.0 Å². The molecule has 3 aromatic rings. The van der Waals surface area contributed by atoms with Gasteiger partial charge in [0, 0.05) is 17.0 Å². The summed E-state index contributed by atoms with van der Waals surface area (Å²) in [7, 11) is -2.32. The quantitative estimate of drug-likeness (QED) is 0.588. The van der Waals surface area contributed by atoms with Crippen molar-refractivity contribution in [3.05, 3.63) is 76.5 Å². The Morgan fingerprint density at radius 3 is 2.46 bits per heavy atom. The maximum atomic E-state index is 12.6. The number of para-hydroxylation sites is 2. The molecule has 0 aliphatic carbocycles. The average molecular weight is 417 g/mol. The molecule has 0 atom stereocenters. The van der Waals surface area contributed by atoms with Gasteiger partial charge in [-0.15, -0.1) is 11.3 Å². The number of rotatable bonds is 8. The Balaban J connectivity index is 1.64. The van der Waals surface area contributed by atoms with E-state index < -0.39 is 10.0 Å². The van der Waals surface area contributed by atoms with Crippen molar-refractivity contribution < 1.29 is 17.9 Å². The highest BCUT2D eigenvalue weighted by Gasteiger charge is 2.17. The summed E-state index contributed by atoms with van der Waals surface area (Å²) in [6.07, 6.45) is 0.763. The minimum Gasteiger partial charge on any atom is -0.495 e. The summed E-state index contributed by atoms with van der Waals surface area (Å²) in [6.45, 7) is 0.523. The minimum atomic E-state index is -3.80. The molecule has 0 spiro atoms. The molecule has 3 rings (SSSR count). The Kier molecular flexibility index (Phi) is 6.33. The van der Waals surface area contributed by atoms with Crippen LogP contribution in [0.25, 0.3) is 0 Å². The van der Waals surface area contributed by atoms with Crippen molar-refractivity contribution in [1.29, 1.82) is 0 Å². The zero-order valence-corrected chi connectivity index (χ0v) is 16.8. The summed E-state index contributed by atoms with van der Waals surface area (Å²) in [6, 6.07) is 16.6. The molecule has 8 heteroatoms. The highest BCUT2D eigenvalue weighted by atomic mass is 32.2. The van der Waals surface area contributed by atoms with E-state index in [1.54, 1.807) is 35.6 Å². The number of hydrogen-bond donors (Lipinski definition) is 2. The molecule has 0 aliphatic heterocycles. The molecule has 2 N–H and O–H groups in total. The highest BCUT2D eigenvalue weighted by molar-refractivity contribution is 7.92. The monoisotopic (exact) mass is 416 g/mol. The Hall–Kier alpha value is -2.84. The van der Waals surface area contributed by atoms with Crippen molar-refractivity contribution >= 4 is 33.0 Å². The van der Waals surface area contributed by atoms with Crippen LogP contribution in [0.1, 0.15) is 15.2 Å². The first-order chi connectivity index (χ1) is 13.5. The number of carbonyl (C=O) groups is 1. The number of nitrogens with one attached hydrogen (secondary N) is 2. The van der Waals surface area contributed by atoms with Gasteiger partial charge in [0.2, 0.25) is 0 Å². The van der Waals surface area contributed by atoms with Crippen LogP contribution in [0, 0.1) is 0 Å². The predicted molar refractivity (Wildman–Crippen MR) is 111 cm³/mol. The number of thiophene rings is 1. The summed E-state index contributed by atoms with van der Waals surface area (Å²) >= 11 is 1.64. The van der Waals surface area contributed by atoms with Crippen LogP contribution in [0.5, 0.6) is 5.75 Å². The molecular weight excluding hydrogens is 396 g/mol.